The first-order valence-electron chi connectivity index (χ1n) is 14.5. The first-order valence-corrected chi connectivity index (χ1v) is 14.5. The van der Waals surface area contributed by atoms with Gasteiger partial charge in [0.1, 0.15) is 17.8 Å². The zero-order chi connectivity index (χ0) is 26.2. The molecule has 0 unspecified atom stereocenters. The molecule has 3 saturated heterocycles. The predicted molar refractivity (Wildman–Crippen MR) is 131 cm³/mol. The normalized spacial score (nSPS) is 64.5. The molecule has 8 rings (SSSR count). The van der Waals surface area contributed by atoms with Crippen LogP contribution in [0.2, 0.25) is 0 Å². The van der Waals surface area contributed by atoms with E-state index in [2.05, 4.69) is 20.8 Å². The number of aliphatic hydroxyl groups is 2. The van der Waals surface area contributed by atoms with Gasteiger partial charge in [-0.1, -0.05) is 19.4 Å². The number of hydrogen-bond donors (Lipinski definition) is 2. The minimum atomic E-state index is -0.974. The molecule has 5 bridgehead atoms. The van der Waals surface area contributed by atoms with E-state index in [9.17, 15) is 19.8 Å². The fraction of sp³-hybridized carbons (Fsp3) is 0.867. The van der Waals surface area contributed by atoms with E-state index in [-0.39, 0.29) is 77.4 Å². The molecule has 5 aliphatic carbocycles. The molecule has 7 fully saturated rings. The van der Waals surface area contributed by atoms with Gasteiger partial charge in [0.05, 0.1) is 34.6 Å². The summed E-state index contributed by atoms with van der Waals surface area (Å²) >= 11 is 0. The molecule has 3 heterocycles. The fourth-order valence-electron chi connectivity index (χ4n) is 12.3. The molecule has 0 aromatic carbocycles. The van der Waals surface area contributed by atoms with Crippen LogP contribution in [0, 0.1) is 58.7 Å². The number of carbonyl (C=O) groups is 2. The van der Waals surface area contributed by atoms with Gasteiger partial charge in [0.25, 0.3) is 0 Å². The van der Waals surface area contributed by atoms with Gasteiger partial charge in [-0.15, -0.1) is 0 Å². The van der Waals surface area contributed by atoms with E-state index in [1.165, 1.54) is 5.57 Å². The molecule has 0 aromatic rings. The smallest absolute Gasteiger partial charge is 0.309 e. The highest BCUT2D eigenvalue weighted by molar-refractivity contribution is 5.76. The number of allylic oxidation sites excluding steroid dienone is 1. The second-order valence-corrected chi connectivity index (χ2v) is 14.7. The Hall–Kier alpha value is -1.44. The van der Waals surface area contributed by atoms with E-state index in [4.69, 9.17) is 14.2 Å². The monoisotopic (exact) mass is 512 g/mol. The Labute approximate surface area is 218 Å². The van der Waals surface area contributed by atoms with Crippen molar-refractivity contribution in [2.45, 2.75) is 102 Å². The van der Waals surface area contributed by atoms with E-state index in [0.29, 0.717) is 6.42 Å². The summed E-state index contributed by atoms with van der Waals surface area (Å²) in [6.45, 7) is 12.4. The van der Waals surface area contributed by atoms with E-state index in [1.807, 2.05) is 20.8 Å². The first-order chi connectivity index (χ1) is 17.3. The van der Waals surface area contributed by atoms with Crippen molar-refractivity contribution in [2.24, 2.45) is 58.7 Å². The molecule has 0 spiro atoms. The molecule has 4 saturated carbocycles. The van der Waals surface area contributed by atoms with Crippen molar-refractivity contribution in [3.05, 3.63) is 11.1 Å². The van der Waals surface area contributed by atoms with Crippen molar-refractivity contribution in [1.29, 1.82) is 0 Å². The minimum absolute atomic E-state index is 0.00116. The van der Waals surface area contributed by atoms with Crippen molar-refractivity contribution in [1.82, 2.24) is 0 Å². The third-order valence-corrected chi connectivity index (χ3v) is 13.5. The van der Waals surface area contributed by atoms with Gasteiger partial charge in [-0.05, 0) is 76.7 Å². The van der Waals surface area contributed by atoms with Crippen LogP contribution in [0.4, 0.5) is 0 Å². The quantitative estimate of drug-likeness (QED) is 0.380. The summed E-state index contributed by atoms with van der Waals surface area (Å²) in [5.74, 6) is -0.748. The molecular weight excluding hydrogens is 472 g/mol. The summed E-state index contributed by atoms with van der Waals surface area (Å²) in [4.78, 5) is 25.8. The molecule has 0 aromatic heterocycles. The average molecular weight is 513 g/mol. The molecule has 8 aliphatic rings. The maximum absolute atomic E-state index is 13.1. The van der Waals surface area contributed by atoms with E-state index < -0.39 is 28.3 Å². The Morgan fingerprint density at radius 2 is 1.54 bits per heavy atom. The standard InChI is InChI=1S/C30H40O7/c1-11-14-7-9-27(4,34)20-16(21(14)35-25(11)32)13(3)19-17(20)18-22-28(5)10-8-15-12(2)26(33)36-24(15)30(19,22)29(6,37-28)23(18)31/h11-12,14-15,17-24,31,34H,7-10H2,1-6H3/t11-,12-,14-,15-,17-,18+,19-,20-,21-,22-,23-,24-,27-,28-,29+,30-/m0/s1. The number of esters is 2. The van der Waals surface area contributed by atoms with Crippen LogP contribution in [0.25, 0.3) is 0 Å². The summed E-state index contributed by atoms with van der Waals surface area (Å²) in [6.07, 6.45) is 1.71. The van der Waals surface area contributed by atoms with E-state index >= 15 is 0 Å². The Morgan fingerprint density at radius 3 is 2.27 bits per heavy atom. The number of fused-ring (bicyclic) bond motifs is 7. The van der Waals surface area contributed by atoms with Crippen LogP contribution in [-0.2, 0) is 23.8 Å². The lowest BCUT2D eigenvalue weighted by atomic mass is 9.54. The van der Waals surface area contributed by atoms with Gasteiger partial charge in [-0.25, -0.2) is 0 Å². The third-order valence-electron chi connectivity index (χ3n) is 13.5. The van der Waals surface area contributed by atoms with Crippen LogP contribution in [-0.4, -0.2) is 57.3 Å². The minimum Gasteiger partial charge on any atom is -0.461 e. The summed E-state index contributed by atoms with van der Waals surface area (Å²) < 4.78 is 19.4. The lowest BCUT2D eigenvalue weighted by Crippen LogP contribution is -2.64. The van der Waals surface area contributed by atoms with Crippen molar-refractivity contribution in [3.63, 3.8) is 0 Å². The number of hydrogen-bond acceptors (Lipinski definition) is 7. The predicted octanol–water partition coefficient (Wildman–Crippen LogP) is 3.01. The van der Waals surface area contributed by atoms with Crippen LogP contribution in [0.5, 0.6) is 0 Å². The molecule has 7 heteroatoms. The van der Waals surface area contributed by atoms with Crippen LogP contribution < -0.4 is 0 Å². The van der Waals surface area contributed by atoms with Crippen LogP contribution in [0.1, 0.15) is 67.2 Å². The number of rotatable bonds is 0. The Kier molecular flexibility index (Phi) is 4.10. The maximum Gasteiger partial charge on any atom is 0.309 e. The number of ether oxygens (including phenoxy) is 3. The van der Waals surface area contributed by atoms with Crippen LogP contribution >= 0.6 is 0 Å². The first kappa shape index (κ1) is 23.4. The van der Waals surface area contributed by atoms with Crippen molar-refractivity contribution >= 4 is 11.9 Å². The zero-order valence-electron chi connectivity index (χ0n) is 22.7. The van der Waals surface area contributed by atoms with Gasteiger partial charge in [-0.3, -0.25) is 9.59 Å². The SMILES string of the molecule is CC1=C2[C@H]3OC(=O)[C@@H](C)[C@@H]3CC[C@](C)(O)[C@@H]2[C@H]2[C@@H]3[C@@H]4[C@]5([C@H]6OC(=O)[C@@H](C)[C@@H]6CC[C@]4(C)O[C@]5(C)[C@H]3O)[C@@H]12. The second-order valence-electron chi connectivity index (χ2n) is 14.7. The maximum atomic E-state index is 13.1. The second kappa shape index (κ2) is 6.47. The lowest BCUT2D eigenvalue weighted by molar-refractivity contribution is -0.254. The highest BCUT2D eigenvalue weighted by atomic mass is 16.6. The van der Waals surface area contributed by atoms with E-state index in [1.54, 1.807) is 0 Å². The molecule has 2 N–H and O–H groups in total. The Morgan fingerprint density at radius 1 is 0.892 bits per heavy atom. The van der Waals surface area contributed by atoms with Gasteiger partial charge in [0.15, 0.2) is 0 Å². The fourth-order valence-corrected chi connectivity index (χ4v) is 12.3. The zero-order valence-corrected chi connectivity index (χ0v) is 22.7. The highest BCUT2D eigenvalue weighted by Crippen LogP contribution is 2.85. The van der Waals surface area contributed by atoms with Crippen LogP contribution in [0.15, 0.2) is 11.1 Å². The molecular formula is C30H40O7. The molecule has 16 atom stereocenters. The molecule has 0 amide bonds. The summed E-state index contributed by atoms with van der Waals surface area (Å²) in [5, 5.41) is 24.2. The van der Waals surface area contributed by atoms with E-state index in [0.717, 1.165) is 24.8 Å². The largest absolute Gasteiger partial charge is 0.461 e. The van der Waals surface area contributed by atoms with Gasteiger partial charge in [0, 0.05) is 23.7 Å². The molecule has 7 nitrogen and oxygen atoms in total. The summed E-state index contributed by atoms with van der Waals surface area (Å²) in [6, 6.07) is 0. The summed E-state index contributed by atoms with van der Waals surface area (Å²) in [5.41, 5.74) is -0.528. The van der Waals surface area contributed by atoms with Crippen LogP contribution in [0.3, 0.4) is 0 Å². The van der Waals surface area contributed by atoms with Gasteiger partial charge >= 0.3 is 11.9 Å². The molecule has 0 radical (unpaired) electrons. The number of carbonyl (C=O) groups excluding carboxylic acids is 2. The Balaban J connectivity index is 1.39. The third kappa shape index (κ3) is 2.18. The van der Waals surface area contributed by atoms with Gasteiger partial charge in [0.2, 0.25) is 0 Å². The lowest BCUT2D eigenvalue weighted by Gasteiger charge is -2.55. The average Bonchev–Trinajstić information content (AvgIpc) is 3.53. The van der Waals surface area contributed by atoms with Crippen molar-refractivity contribution in [2.75, 3.05) is 0 Å². The van der Waals surface area contributed by atoms with Crippen molar-refractivity contribution in [3.8, 4) is 0 Å². The number of aliphatic hydroxyl groups excluding tert-OH is 1. The summed E-state index contributed by atoms with van der Waals surface area (Å²) in [7, 11) is 0. The highest BCUT2D eigenvalue weighted by Gasteiger charge is 2.91. The molecule has 37 heavy (non-hydrogen) atoms. The van der Waals surface area contributed by atoms with Crippen molar-refractivity contribution < 1.29 is 34.0 Å². The van der Waals surface area contributed by atoms with Gasteiger partial charge in [-0.2, -0.15) is 0 Å². The van der Waals surface area contributed by atoms with Gasteiger partial charge < -0.3 is 24.4 Å². The molecule has 202 valence electrons. The molecule has 3 aliphatic heterocycles. The Bertz CT molecular complexity index is 1170. The topological polar surface area (TPSA) is 102 Å².